The zero-order chi connectivity index (χ0) is 14.1. The number of allylic oxidation sites excluding steroid dienone is 1. The number of carboxylic acids is 1. The average molecular weight is 258 g/mol. The van der Waals surface area contributed by atoms with Gasteiger partial charge in [0.25, 0.3) is 0 Å². The van der Waals surface area contributed by atoms with Crippen molar-refractivity contribution in [2.75, 3.05) is 0 Å². The molecule has 1 aliphatic rings. The Bertz CT molecular complexity index is 512. The first-order valence-corrected chi connectivity index (χ1v) is 7.10. The number of carboxylic acid groups (broad SMARTS) is 1. The molecule has 0 amide bonds. The van der Waals surface area contributed by atoms with Crippen molar-refractivity contribution >= 4 is 5.97 Å². The second kappa shape index (κ2) is 4.84. The molecule has 0 bridgehead atoms. The first kappa shape index (κ1) is 13.9. The third-order valence-corrected chi connectivity index (χ3v) is 4.83. The topological polar surface area (TPSA) is 37.3 Å². The van der Waals surface area contributed by atoms with E-state index in [1.54, 1.807) is 0 Å². The maximum Gasteiger partial charge on any atom is 0.318 e. The zero-order valence-electron chi connectivity index (χ0n) is 11.9. The molecular formula is C17H22O2. The van der Waals surface area contributed by atoms with E-state index in [1.165, 1.54) is 5.56 Å². The molecule has 1 N–H and O–H groups in total. The van der Waals surface area contributed by atoms with Crippen LogP contribution in [0.3, 0.4) is 0 Å². The molecule has 0 fully saturated rings. The Hall–Kier alpha value is -1.57. The van der Waals surface area contributed by atoms with Gasteiger partial charge in [-0.15, -0.1) is 0 Å². The highest BCUT2D eigenvalue weighted by molar-refractivity contribution is 5.85. The van der Waals surface area contributed by atoms with Gasteiger partial charge in [-0.2, -0.15) is 0 Å². The molecule has 0 saturated carbocycles. The van der Waals surface area contributed by atoms with Gasteiger partial charge in [0.2, 0.25) is 0 Å². The van der Waals surface area contributed by atoms with Crippen LogP contribution in [0.2, 0.25) is 0 Å². The Kier molecular flexibility index (Phi) is 3.53. The lowest BCUT2D eigenvalue weighted by molar-refractivity contribution is -0.142. The van der Waals surface area contributed by atoms with E-state index in [2.05, 4.69) is 26.0 Å². The van der Waals surface area contributed by atoms with Crippen molar-refractivity contribution < 1.29 is 9.90 Å². The lowest BCUT2D eigenvalue weighted by atomic mass is 9.62. The summed E-state index contributed by atoms with van der Waals surface area (Å²) in [6, 6.07) is 8.04. The first-order chi connectivity index (χ1) is 9.06. The van der Waals surface area contributed by atoms with Crippen LogP contribution in [0.25, 0.3) is 0 Å². The first-order valence-electron chi connectivity index (χ1n) is 7.10. The quantitative estimate of drug-likeness (QED) is 0.827. The van der Waals surface area contributed by atoms with Crippen molar-refractivity contribution in [1.82, 2.24) is 0 Å². The molecule has 0 saturated heterocycles. The smallest absolute Gasteiger partial charge is 0.318 e. The maximum atomic E-state index is 11.8. The van der Waals surface area contributed by atoms with Gasteiger partial charge in [-0.3, -0.25) is 4.79 Å². The van der Waals surface area contributed by atoms with Crippen molar-refractivity contribution in [1.29, 1.82) is 0 Å². The molecule has 1 atom stereocenters. The monoisotopic (exact) mass is 258 g/mol. The van der Waals surface area contributed by atoms with Crippen LogP contribution in [0.4, 0.5) is 0 Å². The van der Waals surface area contributed by atoms with Gasteiger partial charge in [0.15, 0.2) is 0 Å². The van der Waals surface area contributed by atoms with Gasteiger partial charge in [0.1, 0.15) is 5.41 Å². The molecule has 19 heavy (non-hydrogen) atoms. The Balaban J connectivity index is 2.73. The second-order valence-electron chi connectivity index (χ2n) is 5.37. The van der Waals surface area contributed by atoms with E-state index in [0.717, 1.165) is 18.4 Å². The Morgan fingerprint density at radius 3 is 2.05 bits per heavy atom. The number of fused-ring (bicyclic) bond motifs is 1. The van der Waals surface area contributed by atoms with Gasteiger partial charge in [-0.1, -0.05) is 57.2 Å². The maximum absolute atomic E-state index is 11.8. The van der Waals surface area contributed by atoms with Crippen LogP contribution in [0.15, 0.2) is 36.4 Å². The zero-order valence-corrected chi connectivity index (χ0v) is 11.9. The van der Waals surface area contributed by atoms with Gasteiger partial charge < -0.3 is 5.11 Å². The molecule has 1 unspecified atom stereocenters. The van der Waals surface area contributed by atoms with Crippen molar-refractivity contribution in [3.8, 4) is 0 Å². The minimum absolute atomic E-state index is 0.00921. The third kappa shape index (κ3) is 1.81. The normalized spacial score (nSPS) is 23.9. The lowest BCUT2D eigenvalue weighted by Gasteiger charge is -2.41. The summed E-state index contributed by atoms with van der Waals surface area (Å²) >= 11 is 0. The summed E-state index contributed by atoms with van der Waals surface area (Å²) in [6.45, 7) is 6.29. The molecule has 0 radical (unpaired) electrons. The fourth-order valence-electron chi connectivity index (χ4n) is 3.30. The van der Waals surface area contributed by atoms with Crippen LogP contribution in [-0.2, 0) is 15.6 Å². The van der Waals surface area contributed by atoms with Crippen LogP contribution in [0, 0.1) is 0 Å². The SMILES string of the molecule is CCC1(CC)C=CC(CC)(C(=O)O)c2ccccc21. The Morgan fingerprint density at radius 2 is 1.58 bits per heavy atom. The van der Waals surface area contributed by atoms with Crippen LogP contribution in [0.1, 0.15) is 51.2 Å². The summed E-state index contributed by atoms with van der Waals surface area (Å²) in [5, 5.41) is 9.70. The number of carbonyl (C=O) groups is 1. The largest absolute Gasteiger partial charge is 0.480 e. The molecule has 1 aromatic rings. The van der Waals surface area contributed by atoms with E-state index < -0.39 is 11.4 Å². The second-order valence-corrected chi connectivity index (χ2v) is 5.37. The summed E-state index contributed by atoms with van der Waals surface area (Å²) in [5.41, 5.74) is 1.29. The van der Waals surface area contributed by atoms with E-state index in [9.17, 15) is 9.90 Å². The van der Waals surface area contributed by atoms with E-state index in [4.69, 9.17) is 0 Å². The fourth-order valence-corrected chi connectivity index (χ4v) is 3.30. The number of hydrogen-bond donors (Lipinski definition) is 1. The van der Waals surface area contributed by atoms with Gasteiger partial charge in [0.05, 0.1) is 0 Å². The molecule has 0 heterocycles. The van der Waals surface area contributed by atoms with Crippen molar-refractivity contribution in [3.05, 3.63) is 47.5 Å². The Morgan fingerprint density at radius 1 is 1.00 bits per heavy atom. The number of rotatable bonds is 4. The number of benzene rings is 1. The fraction of sp³-hybridized carbons (Fsp3) is 0.471. The minimum atomic E-state index is -0.857. The summed E-state index contributed by atoms with van der Waals surface area (Å²) in [6.07, 6.45) is 6.63. The minimum Gasteiger partial charge on any atom is -0.480 e. The molecule has 0 aromatic heterocycles. The molecule has 2 nitrogen and oxygen atoms in total. The van der Waals surface area contributed by atoms with E-state index in [0.29, 0.717) is 6.42 Å². The molecule has 1 aromatic carbocycles. The Labute approximate surface area is 115 Å². The van der Waals surface area contributed by atoms with Crippen LogP contribution >= 0.6 is 0 Å². The predicted octanol–water partition coefficient (Wildman–Crippen LogP) is 4.05. The van der Waals surface area contributed by atoms with Gasteiger partial charge in [-0.25, -0.2) is 0 Å². The van der Waals surface area contributed by atoms with Crippen LogP contribution in [0.5, 0.6) is 0 Å². The molecule has 0 aliphatic heterocycles. The average Bonchev–Trinajstić information content (AvgIpc) is 2.46. The van der Waals surface area contributed by atoms with Gasteiger partial charge in [-0.05, 0) is 30.4 Å². The standard InChI is InChI=1S/C17H22O2/c1-4-16(5-2)11-12-17(6-3,15(18)19)14-10-8-7-9-13(14)16/h7-12H,4-6H2,1-3H3,(H,18,19). The van der Waals surface area contributed by atoms with E-state index >= 15 is 0 Å². The van der Waals surface area contributed by atoms with Gasteiger partial charge in [0, 0.05) is 5.41 Å². The molecule has 2 heteroatoms. The molecule has 0 spiro atoms. The molecule has 1 aliphatic carbocycles. The van der Waals surface area contributed by atoms with E-state index in [1.807, 2.05) is 31.2 Å². The lowest BCUT2D eigenvalue weighted by Crippen LogP contribution is -2.40. The van der Waals surface area contributed by atoms with Gasteiger partial charge >= 0.3 is 5.97 Å². The predicted molar refractivity (Wildman–Crippen MR) is 77.4 cm³/mol. The highest BCUT2D eigenvalue weighted by atomic mass is 16.4. The van der Waals surface area contributed by atoms with Crippen LogP contribution < -0.4 is 0 Å². The van der Waals surface area contributed by atoms with Crippen molar-refractivity contribution in [2.45, 2.75) is 50.9 Å². The van der Waals surface area contributed by atoms with Crippen molar-refractivity contribution in [2.24, 2.45) is 0 Å². The van der Waals surface area contributed by atoms with Crippen molar-refractivity contribution in [3.63, 3.8) is 0 Å². The summed E-state index contributed by atoms with van der Waals surface area (Å²) in [4.78, 5) is 11.8. The number of aliphatic carboxylic acids is 1. The van der Waals surface area contributed by atoms with Crippen LogP contribution in [-0.4, -0.2) is 11.1 Å². The summed E-state index contributed by atoms with van der Waals surface area (Å²) in [5.74, 6) is -0.750. The molecule has 2 rings (SSSR count). The highest BCUT2D eigenvalue weighted by Crippen LogP contribution is 2.46. The van der Waals surface area contributed by atoms with E-state index in [-0.39, 0.29) is 5.41 Å². The molecule has 102 valence electrons. The third-order valence-electron chi connectivity index (χ3n) is 4.83. The summed E-state index contributed by atoms with van der Waals surface area (Å²) in [7, 11) is 0. The number of hydrogen-bond acceptors (Lipinski definition) is 1. The summed E-state index contributed by atoms with van der Waals surface area (Å²) < 4.78 is 0. The molecular weight excluding hydrogens is 236 g/mol. The highest BCUT2D eigenvalue weighted by Gasteiger charge is 2.44.